The molecule has 1 aliphatic carbocycles. The van der Waals surface area contributed by atoms with Crippen molar-refractivity contribution in [3.05, 3.63) is 23.7 Å². The fraction of sp³-hybridized carbons (Fsp3) is 0.600. The second-order valence-corrected chi connectivity index (χ2v) is 6.44. The van der Waals surface area contributed by atoms with Gasteiger partial charge in [0.05, 0.1) is 0 Å². The summed E-state index contributed by atoms with van der Waals surface area (Å²) in [5.41, 5.74) is 0. The summed E-state index contributed by atoms with van der Waals surface area (Å²) in [7, 11) is 0. The Hall–Kier alpha value is -1.36. The molecule has 1 aliphatic heterocycles. The van der Waals surface area contributed by atoms with Crippen LogP contribution in [-0.2, 0) is 4.79 Å². The molecule has 1 fully saturated rings. The second kappa shape index (κ2) is 6.39. The summed E-state index contributed by atoms with van der Waals surface area (Å²) in [5, 5.41) is 6.36. The Morgan fingerprint density at radius 2 is 2.15 bits per heavy atom. The zero-order valence-electron chi connectivity index (χ0n) is 11.6. The highest BCUT2D eigenvalue weighted by molar-refractivity contribution is 7.13. The quantitative estimate of drug-likeness (QED) is 0.871. The molecule has 1 N–H and O–H groups in total. The molecule has 0 spiro atoms. The van der Waals surface area contributed by atoms with Crippen molar-refractivity contribution in [1.29, 1.82) is 0 Å². The number of hydrogen-bond acceptors (Lipinski definition) is 4. The van der Waals surface area contributed by atoms with Crippen molar-refractivity contribution < 1.29 is 4.79 Å². The molecule has 20 heavy (non-hydrogen) atoms. The Kier molecular flexibility index (Phi) is 4.35. The number of nitrogens with zero attached hydrogens (tertiary/aromatic N) is 2. The standard InChI is InChI=1S/C15H21N3OS/c19-14(12-4-2-1-3-5-12)17-13-6-9-18(10-7-13)15-16-8-11-20-15/h1-2,8,11-13H,3-7,9-10H2,(H,17,19)/t12-/m1/s1. The van der Waals surface area contributed by atoms with Gasteiger partial charge in [0.1, 0.15) is 0 Å². The number of hydrogen-bond donors (Lipinski definition) is 1. The molecule has 0 bridgehead atoms. The largest absolute Gasteiger partial charge is 0.353 e. The smallest absolute Gasteiger partial charge is 0.223 e. The van der Waals surface area contributed by atoms with Gasteiger partial charge in [0.15, 0.2) is 5.13 Å². The van der Waals surface area contributed by atoms with Crippen molar-refractivity contribution in [3.8, 4) is 0 Å². The van der Waals surface area contributed by atoms with E-state index < -0.39 is 0 Å². The number of anilines is 1. The fourth-order valence-corrected chi connectivity index (χ4v) is 3.63. The van der Waals surface area contributed by atoms with E-state index in [1.165, 1.54) is 0 Å². The molecule has 1 aromatic rings. The average molecular weight is 291 g/mol. The molecule has 0 radical (unpaired) electrons. The molecule has 4 nitrogen and oxygen atoms in total. The van der Waals surface area contributed by atoms with Crippen molar-refractivity contribution in [2.75, 3.05) is 18.0 Å². The molecular weight excluding hydrogens is 270 g/mol. The van der Waals surface area contributed by atoms with Crippen molar-refractivity contribution in [1.82, 2.24) is 10.3 Å². The summed E-state index contributed by atoms with van der Waals surface area (Å²) in [5.74, 6) is 0.444. The minimum atomic E-state index is 0.192. The lowest BCUT2D eigenvalue weighted by molar-refractivity contribution is -0.126. The van der Waals surface area contributed by atoms with Gasteiger partial charge in [-0.25, -0.2) is 4.98 Å². The molecule has 108 valence electrons. The number of piperidine rings is 1. The van der Waals surface area contributed by atoms with Gasteiger partial charge in [0, 0.05) is 36.6 Å². The molecule has 1 amide bonds. The highest BCUT2D eigenvalue weighted by Crippen LogP contribution is 2.23. The molecular formula is C15H21N3OS. The van der Waals surface area contributed by atoms with Crippen LogP contribution in [0.3, 0.4) is 0 Å². The van der Waals surface area contributed by atoms with Crippen LogP contribution in [0.25, 0.3) is 0 Å². The lowest BCUT2D eigenvalue weighted by atomic mass is 9.93. The van der Waals surface area contributed by atoms with Gasteiger partial charge in [0.25, 0.3) is 0 Å². The number of nitrogens with one attached hydrogen (secondary N) is 1. The van der Waals surface area contributed by atoms with Crippen LogP contribution >= 0.6 is 11.3 Å². The molecule has 2 aliphatic rings. The van der Waals surface area contributed by atoms with E-state index in [2.05, 4.69) is 27.4 Å². The number of carbonyl (C=O) groups is 1. The van der Waals surface area contributed by atoms with Crippen LogP contribution < -0.4 is 10.2 Å². The molecule has 0 saturated carbocycles. The first-order valence-corrected chi connectivity index (χ1v) is 8.30. The minimum absolute atomic E-state index is 0.192. The maximum atomic E-state index is 12.2. The maximum Gasteiger partial charge on any atom is 0.223 e. The third-order valence-electron chi connectivity index (χ3n) is 4.17. The minimum Gasteiger partial charge on any atom is -0.353 e. The van der Waals surface area contributed by atoms with Crippen molar-refractivity contribution in [3.63, 3.8) is 0 Å². The highest BCUT2D eigenvalue weighted by atomic mass is 32.1. The topological polar surface area (TPSA) is 45.2 Å². The van der Waals surface area contributed by atoms with Crippen molar-refractivity contribution in [2.45, 2.75) is 38.1 Å². The zero-order chi connectivity index (χ0) is 13.8. The monoisotopic (exact) mass is 291 g/mol. The first-order chi connectivity index (χ1) is 9.83. The van der Waals surface area contributed by atoms with Gasteiger partial charge in [-0.1, -0.05) is 12.2 Å². The first-order valence-electron chi connectivity index (χ1n) is 7.43. The van der Waals surface area contributed by atoms with E-state index in [4.69, 9.17) is 0 Å². The number of rotatable bonds is 3. The molecule has 0 unspecified atom stereocenters. The van der Waals surface area contributed by atoms with E-state index in [0.717, 1.165) is 50.3 Å². The average Bonchev–Trinajstić information content (AvgIpc) is 3.03. The third-order valence-corrected chi connectivity index (χ3v) is 5.00. The Labute approximate surface area is 123 Å². The Bertz CT molecular complexity index is 463. The summed E-state index contributed by atoms with van der Waals surface area (Å²) >= 11 is 1.69. The number of allylic oxidation sites excluding steroid dienone is 2. The zero-order valence-corrected chi connectivity index (χ0v) is 12.4. The first kappa shape index (κ1) is 13.6. The molecule has 3 rings (SSSR count). The Balaban J connectivity index is 1.46. The molecule has 0 aromatic carbocycles. The Morgan fingerprint density at radius 3 is 2.80 bits per heavy atom. The van der Waals surface area contributed by atoms with E-state index in [0.29, 0.717) is 6.04 Å². The second-order valence-electron chi connectivity index (χ2n) is 5.57. The number of carbonyl (C=O) groups excluding carboxylic acids is 1. The summed E-state index contributed by atoms with van der Waals surface area (Å²) in [6.07, 6.45) is 11.2. The van der Waals surface area contributed by atoms with Crippen molar-refractivity contribution >= 4 is 22.4 Å². The number of amides is 1. The maximum absolute atomic E-state index is 12.2. The summed E-state index contributed by atoms with van der Waals surface area (Å²) in [4.78, 5) is 18.9. The predicted molar refractivity (Wildman–Crippen MR) is 82.0 cm³/mol. The van der Waals surface area contributed by atoms with Gasteiger partial charge in [-0.05, 0) is 32.1 Å². The summed E-state index contributed by atoms with van der Waals surface area (Å²) in [6, 6.07) is 0.338. The normalized spacial score (nSPS) is 23.8. The summed E-state index contributed by atoms with van der Waals surface area (Å²) < 4.78 is 0. The van der Waals surface area contributed by atoms with Crippen LogP contribution in [0.5, 0.6) is 0 Å². The van der Waals surface area contributed by atoms with Gasteiger partial charge in [-0.2, -0.15) is 0 Å². The van der Waals surface area contributed by atoms with Crippen LogP contribution in [0.15, 0.2) is 23.7 Å². The molecule has 1 aromatic heterocycles. The fourth-order valence-electron chi connectivity index (χ4n) is 2.94. The van der Waals surface area contributed by atoms with Crippen LogP contribution in [0, 0.1) is 5.92 Å². The molecule has 5 heteroatoms. The number of aromatic nitrogens is 1. The molecule has 1 atom stereocenters. The van der Waals surface area contributed by atoms with E-state index in [1.807, 2.05) is 11.6 Å². The predicted octanol–water partition coefficient (Wildman–Crippen LogP) is 2.58. The number of thiazole rings is 1. The van der Waals surface area contributed by atoms with Crippen molar-refractivity contribution in [2.24, 2.45) is 5.92 Å². The van der Waals surface area contributed by atoms with E-state index in [9.17, 15) is 4.79 Å². The van der Waals surface area contributed by atoms with E-state index >= 15 is 0 Å². The van der Waals surface area contributed by atoms with Gasteiger partial charge < -0.3 is 10.2 Å². The van der Waals surface area contributed by atoms with E-state index in [-0.39, 0.29) is 11.8 Å². The van der Waals surface area contributed by atoms with Gasteiger partial charge in [-0.3, -0.25) is 4.79 Å². The van der Waals surface area contributed by atoms with Crippen LogP contribution in [0.2, 0.25) is 0 Å². The van der Waals surface area contributed by atoms with Crippen LogP contribution in [0.1, 0.15) is 32.1 Å². The molecule has 1 saturated heterocycles. The summed E-state index contributed by atoms with van der Waals surface area (Å²) in [6.45, 7) is 1.98. The van der Waals surface area contributed by atoms with Gasteiger partial charge in [0.2, 0.25) is 5.91 Å². The lowest BCUT2D eigenvalue weighted by Crippen LogP contribution is -2.46. The van der Waals surface area contributed by atoms with Crippen LogP contribution in [0.4, 0.5) is 5.13 Å². The Morgan fingerprint density at radius 1 is 1.30 bits per heavy atom. The SMILES string of the molecule is O=C(NC1CCN(c2nccs2)CC1)[C@@H]1CC=CCC1. The van der Waals surface area contributed by atoms with Crippen LogP contribution in [-0.4, -0.2) is 30.0 Å². The highest BCUT2D eigenvalue weighted by Gasteiger charge is 2.25. The van der Waals surface area contributed by atoms with Gasteiger partial charge in [-0.15, -0.1) is 11.3 Å². The van der Waals surface area contributed by atoms with Gasteiger partial charge >= 0.3 is 0 Å². The lowest BCUT2D eigenvalue weighted by Gasteiger charge is -2.33. The molecule has 2 heterocycles. The third kappa shape index (κ3) is 3.20. The van der Waals surface area contributed by atoms with E-state index in [1.54, 1.807) is 11.3 Å².